The molecule has 0 radical (unpaired) electrons. The summed E-state index contributed by atoms with van der Waals surface area (Å²) in [7, 11) is 2.22. The van der Waals surface area contributed by atoms with Crippen LogP contribution in [0.15, 0.2) is 22.8 Å². The molecule has 18 heavy (non-hydrogen) atoms. The summed E-state index contributed by atoms with van der Waals surface area (Å²) in [6.07, 6.45) is 3.00. The van der Waals surface area contributed by atoms with E-state index in [4.69, 9.17) is 4.42 Å². The molecule has 2 rings (SSSR count). The van der Waals surface area contributed by atoms with Crippen molar-refractivity contribution in [2.75, 3.05) is 39.8 Å². The molecule has 0 saturated carbocycles. The number of rotatable bonds is 5. The number of hydrogen-bond acceptors (Lipinski definition) is 4. The van der Waals surface area contributed by atoms with Gasteiger partial charge in [0, 0.05) is 25.7 Å². The molecule has 1 saturated heterocycles. The average molecular weight is 251 g/mol. The van der Waals surface area contributed by atoms with Crippen LogP contribution in [-0.2, 0) is 6.54 Å². The highest BCUT2D eigenvalue weighted by Gasteiger charge is 2.18. The Balaban J connectivity index is 1.66. The standard InChI is InChI=1S/C14H25N3O/c1-13-12-16(2)7-4-8-17(13)9-6-15-11-14-5-3-10-18-14/h3,5,10,13,15H,4,6-9,11-12H2,1-2H3. The van der Waals surface area contributed by atoms with E-state index in [0.29, 0.717) is 6.04 Å². The maximum absolute atomic E-state index is 5.30. The summed E-state index contributed by atoms with van der Waals surface area (Å²) in [4.78, 5) is 5.01. The van der Waals surface area contributed by atoms with Crippen molar-refractivity contribution in [2.45, 2.75) is 25.9 Å². The molecule has 4 heteroatoms. The Morgan fingerprint density at radius 3 is 3.11 bits per heavy atom. The lowest BCUT2D eigenvalue weighted by molar-refractivity contribution is 0.202. The second-order valence-electron chi connectivity index (χ2n) is 5.26. The minimum absolute atomic E-state index is 0.655. The van der Waals surface area contributed by atoms with Gasteiger partial charge in [-0.2, -0.15) is 0 Å². The first-order valence-corrected chi connectivity index (χ1v) is 6.91. The molecule has 1 aromatic rings. The summed E-state index contributed by atoms with van der Waals surface area (Å²) in [5, 5.41) is 3.44. The molecular formula is C14H25N3O. The average Bonchev–Trinajstić information content (AvgIpc) is 2.79. The molecule has 1 aromatic heterocycles. The molecule has 1 aliphatic rings. The molecule has 4 nitrogen and oxygen atoms in total. The van der Waals surface area contributed by atoms with E-state index in [1.165, 1.54) is 26.1 Å². The van der Waals surface area contributed by atoms with Gasteiger partial charge in [0.2, 0.25) is 0 Å². The van der Waals surface area contributed by atoms with Crippen LogP contribution in [0.4, 0.5) is 0 Å². The van der Waals surface area contributed by atoms with E-state index in [1.54, 1.807) is 6.26 Å². The molecule has 0 aromatic carbocycles. The summed E-state index contributed by atoms with van der Waals surface area (Å²) < 4.78 is 5.30. The number of nitrogens with zero attached hydrogens (tertiary/aromatic N) is 2. The monoisotopic (exact) mass is 251 g/mol. The lowest BCUT2D eigenvalue weighted by atomic mass is 10.2. The Morgan fingerprint density at radius 1 is 1.44 bits per heavy atom. The van der Waals surface area contributed by atoms with Crippen molar-refractivity contribution in [1.29, 1.82) is 0 Å². The molecule has 1 unspecified atom stereocenters. The van der Waals surface area contributed by atoms with Gasteiger partial charge < -0.3 is 14.6 Å². The van der Waals surface area contributed by atoms with Gasteiger partial charge in [-0.25, -0.2) is 0 Å². The highest BCUT2D eigenvalue weighted by Crippen LogP contribution is 2.07. The van der Waals surface area contributed by atoms with Gasteiger partial charge in [0.1, 0.15) is 5.76 Å². The van der Waals surface area contributed by atoms with Crippen molar-refractivity contribution in [3.8, 4) is 0 Å². The third kappa shape index (κ3) is 4.12. The minimum Gasteiger partial charge on any atom is -0.468 e. The number of nitrogens with one attached hydrogen (secondary N) is 1. The molecule has 1 N–H and O–H groups in total. The fraction of sp³-hybridized carbons (Fsp3) is 0.714. The van der Waals surface area contributed by atoms with Gasteiger partial charge in [0.05, 0.1) is 12.8 Å². The van der Waals surface area contributed by atoms with E-state index in [0.717, 1.165) is 25.4 Å². The molecule has 0 spiro atoms. The lowest BCUT2D eigenvalue weighted by Crippen LogP contribution is -2.41. The number of likely N-dealkylation sites (N-methyl/N-ethyl adjacent to an activating group) is 1. The molecule has 0 amide bonds. The van der Waals surface area contributed by atoms with Crippen LogP contribution >= 0.6 is 0 Å². The Morgan fingerprint density at radius 2 is 2.33 bits per heavy atom. The maximum Gasteiger partial charge on any atom is 0.117 e. The normalized spacial score (nSPS) is 23.1. The van der Waals surface area contributed by atoms with E-state index in [-0.39, 0.29) is 0 Å². The van der Waals surface area contributed by atoms with Gasteiger partial charge in [-0.05, 0) is 45.6 Å². The summed E-state index contributed by atoms with van der Waals surface area (Å²) in [5.74, 6) is 1.01. The van der Waals surface area contributed by atoms with Gasteiger partial charge in [0.25, 0.3) is 0 Å². The Kier molecular flexibility index (Phi) is 5.23. The molecule has 2 heterocycles. The van der Waals surface area contributed by atoms with Gasteiger partial charge in [-0.1, -0.05) is 0 Å². The summed E-state index contributed by atoms with van der Waals surface area (Å²) in [6.45, 7) is 8.92. The summed E-state index contributed by atoms with van der Waals surface area (Å²) >= 11 is 0. The molecule has 1 atom stereocenters. The zero-order chi connectivity index (χ0) is 12.8. The molecule has 1 fully saturated rings. The highest BCUT2D eigenvalue weighted by atomic mass is 16.3. The molecule has 1 aliphatic heterocycles. The van der Waals surface area contributed by atoms with E-state index in [9.17, 15) is 0 Å². The zero-order valence-electron chi connectivity index (χ0n) is 11.6. The number of hydrogen-bond donors (Lipinski definition) is 1. The molecule has 102 valence electrons. The fourth-order valence-electron chi connectivity index (χ4n) is 2.60. The van der Waals surface area contributed by atoms with Crippen molar-refractivity contribution < 1.29 is 4.42 Å². The van der Waals surface area contributed by atoms with Crippen molar-refractivity contribution in [1.82, 2.24) is 15.1 Å². The topological polar surface area (TPSA) is 31.6 Å². The second kappa shape index (κ2) is 6.92. The van der Waals surface area contributed by atoms with Crippen molar-refractivity contribution >= 4 is 0 Å². The quantitative estimate of drug-likeness (QED) is 0.802. The van der Waals surface area contributed by atoms with Crippen molar-refractivity contribution in [3.05, 3.63) is 24.2 Å². The lowest BCUT2D eigenvalue weighted by Gasteiger charge is -2.27. The van der Waals surface area contributed by atoms with E-state index in [1.807, 2.05) is 12.1 Å². The van der Waals surface area contributed by atoms with E-state index in [2.05, 4.69) is 29.1 Å². The van der Waals surface area contributed by atoms with Crippen LogP contribution < -0.4 is 5.32 Å². The smallest absolute Gasteiger partial charge is 0.117 e. The molecular weight excluding hydrogens is 226 g/mol. The maximum atomic E-state index is 5.30. The van der Waals surface area contributed by atoms with Crippen LogP contribution in [0.25, 0.3) is 0 Å². The van der Waals surface area contributed by atoms with Crippen LogP contribution in [-0.4, -0.2) is 55.6 Å². The number of furan rings is 1. The highest BCUT2D eigenvalue weighted by molar-refractivity contribution is 4.97. The Bertz CT molecular complexity index is 326. The molecule has 0 bridgehead atoms. The largest absolute Gasteiger partial charge is 0.468 e. The van der Waals surface area contributed by atoms with Crippen molar-refractivity contribution in [2.24, 2.45) is 0 Å². The van der Waals surface area contributed by atoms with E-state index >= 15 is 0 Å². The third-order valence-electron chi connectivity index (χ3n) is 3.64. The third-order valence-corrected chi connectivity index (χ3v) is 3.64. The second-order valence-corrected chi connectivity index (χ2v) is 5.26. The van der Waals surface area contributed by atoms with Gasteiger partial charge in [-0.3, -0.25) is 4.90 Å². The van der Waals surface area contributed by atoms with Gasteiger partial charge in [-0.15, -0.1) is 0 Å². The van der Waals surface area contributed by atoms with Crippen LogP contribution in [0.5, 0.6) is 0 Å². The van der Waals surface area contributed by atoms with Crippen LogP contribution in [0, 0.1) is 0 Å². The van der Waals surface area contributed by atoms with Gasteiger partial charge >= 0.3 is 0 Å². The van der Waals surface area contributed by atoms with E-state index < -0.39 is 0 Å². The predicted octanol–water partition coefficient (Wildman–Crippen LogP) is 1.40. The zero-order valence-corrected chi connectivity index (χ0v) is 11.6. The van der Waals surface area contributed by atoms with Crippen LogP contribution in [0.3, 0.4) is 0 Å². The SMILES string of the molecule is CC1CN(C)CCCN1CCNCc1ccco1. The first-order chi connectivity index (χ1) is 8.75. The minimum atomic E-state index is 0.655. The van der Waals surface area contributed by atoms with Crippen molar-refractivity contribution in [3.63, 3.8) is 0 Å². The summed E-state index contributed by atoms with van der Waals surface area (Å²) in [5.41, 5.74) is 0. The predicted molar refractivity (Wildman–Crippen MR) is 73.6 cm³/mol. The van der Waals surface area contributed by atoms with Crippen LogP contribution in [0.1, 0.15) is 19.1 Å². The Hall–Kier alpha value is -0.840. The first-order valence-electron chi connectivity index (χ1n) is 6.91. The molecule has 0 aliphatic carbocycles. The first kappa shape index (κ1) is 13.6. The summed E-state index contributed by atoms with van der Waals surface area (Å²) in [6, 6.07) is 4.60. The van der Waals surface area contributed by atoms with Crippen LogP contribution in [0.2, 0.25) is 0 Å². The van der Waals surface area contributed by atoms with Gasteiger partial charge in [0.15, 0.2) is 0 Å². The Labute approximate surface area is 110 Å². The fourth-order valence-corrected chi connectivity index (χ4v) is 2.60.